The summed E-state index contributed by atoms with van der Waals surface area (Å²) >= 11 is 0. The number of fused-ring (bicyclic) bond motifs is 1. The van der Waals surface area contributed by atoms with Crippen molar-refractivity contribution in [3.8, 4) is 17.0 Å². The number of nitrogens with zero attached hydrogens (tertiary/aromatic N) is 2. The van der Waals surface area contributed by atoms with Gasteiger partial charge in [0.1, 0.15) is 12.1 Å². The first kappa shape index (κ1) is 21.9. The van der Waals surface area contributed by atoms with Crippen LogP contribution in [-0.4, -0.2) is 16.6 Å². The van der Waals surface area contributed by atoms with Crippen LogP contribution < -0.4 is 4.74 Å². The molecule has 160 valence electrons. The van der Waals surface area contributed by atoms with Gasteiger partial charge in [-0.05, 0) is 42.5 Å². The third kappa shape index (κ3) is 4.86. The number of ether oxygens (including phenoxy) is 1. The molecule has 8 heteroatoms. The van der Waals surface area contributed by atoms with Crippen LogP contribution in [0.25, 0.3) is 22.2 Å². The van der Waals surface area contributed by atoms with Crippen molar-refractivity contribution >= 4 is 10.9 Å². The third-order valence-electron chi connectivity index (χ3n) is 4.63. The molecule has 3 aromatic rings. The molecule has 0 fully saturated rings. The minimum Gasteiger partial charge on any atom is -0.493 e. The number of benzene rings is 2. The highest BCUT2D eigenvalue weighted by molar-refractivity contribution is 5.92. The number of aromatic nitrogens is 2. The van der Waals surface area contributed by atoms with E-state index >= 15 is 0 Å². The van der Waals surface area contributed by atoms with E-state index in [1.807, 2.05) is 20.8 Å². The molecule has 0 bridgehead atoms. The second-order valence-corrected chi connectivity index (χ2v) is 7.76. The Balaban J connectivity index is 2.02. The Kier molecular flexibility index (Phi) is 6.24. The van der Waals surface area contributed by atoms with Crippen molar-refractivity contribution in [1.29, 1.82) is 0 Å². The van der Waals surface area contributed by atoms with Gasteiger partial charge in [-0.1, -0.05) is 20.8 Å². The maximum atomic E-state index is 13.7. The third-order valence-corrected chi connectivity index (χ3v) is 4.63. The molecule has 0 aliphatic rings. The lowest BCUT2D eigenvalue weighted by Crippen LogP contribution is -2.14. The number of alkyl halides is 3. The van der Waals surface area contributed by atoms with E-state index in [0.29, 0.717) is 5.92 Å². The molecule has 0 spiro atoms. The van der Waals surface area contributed by atoms with Gasteiger partial charge in [-0.25, -0.2) is 18.7 Å². The molecule has 2 aromatic carbocycles. The first-order valence-corrected chi connectivity index (χ1v) is 9.50. The van der Waals surface area contributed by atoms with E-state index in [4.69, 9.17) is 4.74 Å². The zero-order valence-corrected chi connectivity index (χ0v) is 16.7. The number of hydrogen-bond acceptors (Lipinski definition) is 3. The lowest BCUT2D eigenvalue weighted by Gasteiger charge is -2.19. The maximum Gasteiger partial charge on any atom is 0.419 e. The van der Waals surface area contributed by atoms with E-state index in [1.54, 1.807) is 0 Å². The van der Waals surface area contributed by atoms with E-state index in [2.05, 4.69) is 9.97 Å². The Morgan fingerprint density at radius 3 is 2.33 bits per heavy atom. The van der Waals surface area contributed by atoms with Crippen LogP contribution in [0.4, 0.5) is 22.0 Å². The first-order valence-electron chi connectivity index (χ1n) is 9.50. The summed E-state index contributed by atoms with van der Waals surface area (Å²) in [7, 11) is 0. The van der Waals surface area contributed by atoms with Crippen LogP contribution >= 0.6 is 0 Å². The van der Waals surface area contributed by atoms with Crippen LogP contribution in [0.5, 0.6) is 5.75 Å². The molecule has 0 saturated carbocycles. The van der Waals surface area contributed by atoms with Crippen LogP contribution in [0.1, 0.15) is 32.8 Å². The van der Waals surface area contributed by atoms with E-state index in [0.717, 1.165) is 30.9 Å². The molecule has 0 amide bonds. The van der Waals surface area contributed by atoms with Crippen molar-refractivity contribution in [2.24, 2.45) is 11.8 Å². The molecule has 30 heavy (non-hydrogen) atoms. The van der Waals surface area contributed by atoms with Gasteiger partial charge >= 0.3 is 6.18 Å². The summed E-state index contributed by atoms with van der Waals surface area (Å²) in [5, 5.41) is 0.115. The molecule has 0 N–H and O–H groups in total. The average Bonchev–Trinajstić information content (AvgIpc) is 2.65. The molecule has 0 aliphatic heterocycles. The summed E-state index contributed by atoms with van der Waals surface area (Å²) < 4.78 is 73.7. The normalized spacial score (nSPS) is 13.1. The Morgan fingerprint density at radius 2 is 1.67 bits per heavy atom. The second kappa shape index (κ2) is 8.53. The maximum absolute atomic E-state index is 13.7. The highest BCUT2D eigenvalue weighted by atomic mass is 19.4. The van der Waals surface area contributed by atoms with E-state index in [-0.39, 0.29) is 40.4 Å². The molecule has 0 saturated heterocycles. The zero-order chi connectivity index (χ0) is 22.1. The van der Waals surface area contributed by atoms with Crippen LogP contribution in [0.15, 0.2) is 36.7 Å². The van der Waals surface area contributed by atoms with Crippen molar-refractivity contribution in [2.75, 3.05) is 6.61 Å². The van der Waals surface area contributed by atoms with Crippen molar-refractivity contribution in [1.82, 2.24) is 9.97 Å². The van der Waals surface area contributed by atoms with Crippen LogP contribution in [0.3, 0.4) is 0 Å². The molecule has 3 rings (SSSR count). The fourth-order valence-electron chi connectivity index (χ4n) is 3.41. The predicted molar refractivity (Wildman–Crippen MR) is 104 cm³/mol. The second-order valence-electron chi connectivity index (χ2n) is 7.76. The minimum absolute atomic E-state index is 0.0733. The van der Waals surface area contributed by atoms with Gasteiger partial charge in [-0.2, -0.15) is 13.2 Å². The van der Waals surface area contributed by atoms with Gasteiger partial charge in [-0.15, -0.1) is 0 Å². The first-order chi connectivity index (χ1) is 14.1. The summed E-state index contributed by atoms with van der Waals surface area (Å²) in [4.78, 5) is 7.86. The van der Waals surface area contributed by atoms with Crippen molar-refractivity contribution < 1.29 is 26.7 Å². The smallest absolute Gasteiger partial charge is 0.419 e. The summed E-state index contributed by atoms with van der Waals surface area (Å²) in [5.74, 6) is -2.01. The van der Waals surface area contributed by atoms with Crippen molar-refractivity contribution in [3.63, 3.8) is 0 Å². The van der Waals surface area contributed by atoms with Crippen molar-refractivity contribution in [2.45, 2.75) is 33.4 Å². The molecule has 0 aliphatic carbocycles. The Hall–Kier alpha value is -2.77. The molecular formula is C22H21F5N2O. The quantitative estimate of drug-likeness (QED) is 0.415. The van der Waals surface area contributed by atoms with Gasteiger partial charge in [0.25, 0.3) is 0 Å². The van der Waals surface area contributed by atoms with Gasteiger partial charge in [-0.3, -0.25) is 0 Å². The van der Waals surface area contributed by atoms with E-state index in [1.165, 1.54) is 12.1 Å². The summed E-state index contributed by atoms with van der Waals surface area (Å²) in [6.07, 6.45) is -2.73. The van der Waals surface area contributed by atoms with Gasteiger partial charge < -0.3 is 4.74 Å². The highest BCUT2D eigenvalue weighted by Gasteiger charge is 2.35. The summed E-state index contributed by atoms with van der Waals surface area (Å²) in [5.41, 5.74) is -0.686. The van der Waals surface area contributed by atoms with Crippen LogP contribution in [0, 0.1) is 23.5 Å². The molecule has 0 radical (unpaired) electrons. The molecule has 1 heterocycles. The molecule has 1 aromatic heterocycles. The number of halogens is 5. The summed E-state index contributed by atoms with van der Waals surface area (Å²) in [6, 6.07) is 5.32. The highest BCUT2D eigenvalue weighted by Crippen LogP contribution is 2.39. The van der Waals surface area contributed by atoms with E-state index in [9.17, 15) is 22.0 Å². The molecule has 1 atom stereocenters. The average molecular weight is 424 g/mol. The SMILES string of the molecule is CC(C)CC(C)COc1ccc(-c2ncnc3cc(F)c(F)cc23)cc1C(F)(F)F. The zero-order valence-electron chi connectivity index (χ0n) is 16.7. The fourth-order valence-corrected chi connectivity index (χ4v) is 3.41. The Bertz CT molecular complexity index is 1050. The topological polar surface area (TPSA) is 35.0 Å². The Morgan fingerprint density at radius 1 is 0.967 bits per heavy atom. The van der Waals surface area contributed by atoms with Crippen LogP contribution in [-0.2, 0) is 6.18 Å². The largest absolute Gasteiger partial charge is 0.493 e. The van der Waals surface area contributed by atoms with Gasteiger partial charge in [0.15, 0.2) is 11.6 Å². The molecule has 3 nitrogen and oxygen atoms in total. The summed E-state index contributed by atoms with van der Waals surface area (Å²) in [6.45, 7) is 6.14. The monoisotopic (exact) mass is 424 g/mol. The van der Waals surface area contributed by atoms with Gasteiger partial charge in [0.05, 0.1) is 23.4 Å². The van der Waals surface area contributed by atoms with E-state index < -0.39 is 23.4 Å². The van der Waals surface area contributed by atoms with Crippen LogP contribution in [0.2, 0.25) is 0 Å². The minimum atomic E-state index is -4.66. The number of rotatable bonds is 6. The standard InChI is InChI=1S/C22H21F5N2O/c1-12(2)6-13(3)10-30-20-5-4-14(7-16(20)22(25,26)27)21-15-8-17(23)18(24)9-19(15)28-11-29-21/h4-5,7-9,11-13H,6,10H2,1-3H3. The fraction of sp³-hybridized carbons (Fsp3) is 0.364. The lowest BCUT2D eigenvalue weighted by atomic mass is 9.99. The molecular weight excluding hydrogens is 403 g/mol. The Labute approximate surface area is 170 Å². The van der Waals surface area contributed by atoms with Gasteiger partial charge in [0, 0.05) is 17.0 Å². The predicted octanol–water partition coefficient (Wildman–Crippen LogP) is 6.65. The molecule has 1 unspecified atom stereocenters. The van der Waals surface area contributed by atoms with Crippen molar-refractivity contribution in [3.05, 3.63) is 53.9 Å². The number of hydrogen-bond donors (Lipinski definition) is 0. The lowest BCUT2D eigenvalue weighted by molar-refractivity contribution is -0.139. The van der Waals surface area contributed by atoms with Gasteiger partial charge in [0.2, 0.25) is 0 Å².